The molecule has 6 heteroatoms. The fourth-order valence-corrected chi connectivity index (χ4v) is 4.03. The molecule has 0 N–H and O–H groups in total. The molecule has 3 aromatic rings. The summed E-state index contributed by atoms with van der Waals surface area (Å²) >= 11 is 0. The number of sulfonamides is 1. The van der Waals surface area contributed by atoms with Gasteiger partial charge in [-0.3, -0.25) is 4.98 Å². The Hall–Kier alpha value is -2.44. The fraction of sp³-hybridized carbons (Fsp3) is 0.250. The zero-order chi connectivity index (χ0) is 18.6. The minimum absolute atomic E-state index is 0.151. The van der Waals surface area contributed by atoms with Gasteiger partial charge < -0.3 is 4.42 Å². The van der Waals surface area contributed by atoms with Crippen LogP contribution in [0.15, 0.2) is 76.4 Å². The van der Waals surface area contributed by atoms with Gasteiger partial charge in [-0.05, 0) is 47.9 Å². The van der Waals surface area contributed by atoms with Gasteiger partial charge in [-0.2, -0.15) is 4.31 Å². The van der Waals surface area contributed by atoms with Crippen LogP contribution in [0.25, 0.3) is 0 Å². The van der Waals surface area contributed by atoms with Gasteiger partial charge in [-0.15, -0.1) is 0 Å². The van der Waals surface area contributed by atoms with Crippen molar-refractivity contribution < 1.29 is 12.8 Å². The first-order valence-electron chi connectivity index (χ1n) is 8.49. The highest BCUT2D eigenvalue weighted by atomic mass is 32.2. The molecule has 0 fully saturated rings. The first-order valence-corrected chi connectivity index (χ1v) is 9.93. The van der Waals surface area contributed by atoms with E-state index in [4.69, 9.17) is 4.42 Å². The summed E-state index contributed by atoms with van der Waals surface area (Å²) in [5, 5.41) is 0. The summed E-state index contributed by atoms with van der Waals surface area (Å²) in [5.41, 5.74) is 1.78. The van der Waals surface area contributed by atoms with E-state index < -0.39 is 10.0 Å². The summed E-state index contributed by atoms with van der Waals surface area (Å²) in [6.07, 6.45) is 3.20. The van der Waals surface area contributed by atoms with E-state index in [0.29, 0.717) is 17.4 Å². The predicted octanol–water partition coefficient (Wildman–Crippen LogP) is 4.19. The molecule has 0 bridgehead atoms. The molecule has 2 heterocycles. The van der Waals surface area contributed by atoms with Gasteiger partial charge >= 0.3 is 0 Å². The third-order valence-corrected chi connectivity index (χ3v) is 5.97. The molecule has 0 amide bonds. The average molecular weight is 370 g/mol. The van der Waals surface area contributed by atoms with Crippen molar-refractivity contribution in [1.29, 1.82) is 0 Å². The average Bonchev–Trinajstić information content (AvgIpc) is 3.15. The second kappa shape index (κ2) is 7.85. The Labute approximate surface area is 154 Å². The Bertz CT molecular complexity index is 919. The number of pyridine rings is 1. The number of hydrogen-bond acceptors (Lipinski definition) is 4. The first kappa shape index (κ1) is 18.4. The first-order chi connectivity index (χ1) is 12.5. The van der Waals surface area contributed by atoms with E-state index in [1.807, 2.05) is 24.3 Å². The van der Waals surface area contributed by atoms with Crippen LogP contribution >= 0.6 is 0 Å². The lowest BCUT2D eigenvalue weighted by Gasteiger charge is -2.21. The molecule has 1 aromatic carbocycles. The number of rotatable bonds is 7. The Morgan fingerprint density at radius 2 is 1.77 bits per heavy atom. The van der Waals surface area contributed by atoms with E-state index in [1.54, 1.807) is 42.8 Å². The molecular weight excluding hydrogens is 348 g/mol. The summed E-state index contributed by atoms with van der Waals surface area (Å²) in [4.78, 5) is 4.52. The van der Waals surface area contributed by atoms with Crippen LogP contribution in [0.5, 0.6) is 0 Å². The summed E-state index contributed by atoms with van der Waals surface area (Å²) < 4.78 is 33.1. The van der Waals surface area contributed by atoms with Crippen molar-refractivity contribution >= 4 is 10.0 Å². The zero-order valence-corrected chi connectivity index (χ0v) is 15.7. The molecule has 0 unspecified atom stereocenters. The van der Waals surface area contributed by atoms with Crippen molar-refractivity contribution in [1.82, 2.24) is 9.29 Å². The normalized spacial score (nSPS) is 12.0. The second-order valence-electron chi connectivity index (χ2n) is 6.40. The summed E-state index contributed by atoms with van der Waals surface area (Å²) in [6, 6.07) is 16.0. The number of aromatic nitrogens is 1. The molecule has 0 atom stereocenters. The molecule has 0 radical (unpaired) electrons. The minimum atomic E-state index is -3.68. The highest BCUT2D eigenvalue weighted by Crippen LogP contribution is 2.23. The maximum Gasteiger partial charge on any atom is 0.243 e. The quantitative estimate of drug-likeness (QED) is 0.626. The third kappa shape index (κ3) is 4.20. The standard InChI is InChI=1S/C20H22N2O3S/c1-16(2)17-8-10-20(11-9-17)26(23,24)22(15-19-7-5-13-25-19)14-18-6-3-4-12-21-18/h3-13,16H,14-15H2,1-2H3. The van der Waals surface area contributed by atoms with Gasteiger partial charge in [0.05, 0.1) is 29.9 Å². The van der Waals surface area contributed by atoms with Gasteiger partial charge in [0.2, 0.25) is 10.0 Å². The number of nitrogens with zero attached hydrogens (tertiary/aromatic N) is 2. The van der Waals surface area contributed by atoms with Crippen LogP contribution in [-0.4, -0.2) is 17.7 Å². The molecule has 0 saturated heterocycles. The van der Waals surface area contributed by atoms with Crippen LogP contribution in [0.4, 0.5) is 0 Å². The summed E-state index contributed by atoms with van der Waals surface area (Å²) in [6.45, 7) is 4.48. The molecule has 3 rings (SSSR count). The van der Waals surface area contributed by atoms with E-state index in [2.05, 4.69) is 18.8 Å². The molecule has 0 aliphatic heterocycles. The van der Waals surface area contributed by atoms with Crippen molar-refractivity contribution in [2.75, 3.05) is 0 Å². The molecule has 26 heavy (non-hydrogen) atoms. The van der Waals surface area contributed by atoms with Crippen LogP contribution in [0, 0.1) is 0 Å². The monoisotopic (exact) mass is 370 g/mol. The third-order valence-electron chi connectivity index (χ3n) is 4.16. The Morgan fingerprint density at radius 1 is 1.00 bits per heavy atom. The van der Waals surface area contributed by atoms with Crippen molar-refractivity contribution in [3.63, 3.8) is 0 Å². The number of furan rings is 1. The molecule has 2 aromatic heterocycles. The minimum Gasteiger partial charge on any atom is -0.468 e. The highest BCUT2D eigenvalue weighted by Gasteiger charge is 2.26. The van der Waals surface area contributed by atoms with E-state index in [1.165, 1.54) is 4.31 Å². The maximum absolute atomic E-state index is 13.2. The summed E-state index contributed by atoms with van der Waals surface area (Å²) in [7, 11) is -3.68. The Morgan fingerprint density at radius 3 is 2.35 bits per heavy atom. The molecule has 136 valence electrons. The molecule has 0 saturated carbocycles. The molecule has 5 nitrogen and oxygen atoms in total. The Balaban J connectivity index is 1.93. The number of hydrogen-bond donors (Lipinski definition) is 0. The molecular formula is C20H22N2O3S. The van der Waals surface area contributed by atoms with Gasteiger partial charge in [-0.1, -0.05) is 32.0 Å². The van der Waals surface area contributed by atoms with Crippen molar-refractivity contribution in [3.8, 4) is 0 Å². The lowest BCUT2D eigenvalue weighted by Crippen LogP contribution is -2.30. The van der Waals surface area contributed by atoms with Gasteiger partial charge in [0.1, 0.15) is 5.76 Å². The smallest absolute Gasteiger partial charge is 0.243 e. The van der Waals surface area contributed by atoms with E-state index in [-0.39, 0.29) is 18.0 Å². The molecule has 0 aliphatic rings. The van der Waals surface area contributed by atoms with E-state index >= 15 is 0 Å². The highest BCUT2D eigenvalue weighted by molar-refractivity contribution is 7.89. The van der Waals surface area contributed by atoms with Gasteiger partial charge in [0.15, 0.2) is 0 Å². The lowest BCUT2D eigenvalue weighted by atomic mass is 10.0. The van der Waals surface area contributed by atoms with E-state index in [0.717, 1.165) is 5.56 Å². The Kier molecular flexibility index (Phi) is 5.54. The number of benzene rings is 1. The van der Waals surface area contributed by atoms with Gasteiger partial charge in [0, 0.05) is 6.20 Å². The van der Waals surface area contributed by atoms with Crippen LogP contribution in [-0.2, 0) is 23.1 Å². The van der Waals surface area contributed by atoms with Gasteiger partial charge in [0.25, 0.3) is 0 Å². The van der Waals surface area contributed by atoms with Crippen LogP contribution in [0.2, 0.25) is 0 Å². The SMILES string of the molecule is CC(C)c1ccc(S(=O)(=O)N(Cc2ccccn2)Cc2ccco2)cc1. The fourth-order valence-electron chi connectivity index (χ4n) is 2.65. The molecule has 0 spiro atoms. The topological polar surface area (TPSA) is 63.4 Å². The molecule has 0 aliphatic carbocycles. The van der Waals surface area contributed by atoms with Crippen LogP contribution in [0.3, 0.4) is 0 Å². The van der Waals surface area contributed by atoms with Gasteiger partial charge in [-0.25, -0.2) is 8.42 Å². The van der Waals surface area contributed by atoms with Crippen molar-refractivity contribution in [2.45, 2.75) is 37.8 Å². The largest absolute Gasteiger partial charge is 0.468 e. The van der Waals surface area contributed by atoms with Crippen molar-refractivity contribution in [2.24, 2.45) is 0 Å². The zero-order valence-electron chi connectivity index (χ0n) is 14.9. The summed E-state index contributed by atoms with van der Waals surface area (Å²) in [5.74, 6) is 0.933. The maximum atomic E-state index is 13.2. The lowest BCUT2D eigenvalue weighted by molar-refractivity contribution is 0.355. The van der Waals surface area contributed by atoms with E-state index in [9.17, 15) is 8.42 Å². The predicted molar refractivity (Wildman–Crippen MR) is 99.9 cm³/mol. The van der Waals surface area contributed by atoms with Crippen LogP contribution in [0.1, 0.15) is 36.8 Å². The second-order valence-corrected chi connectivity index (χ2v) is 8.34. The van der Waals surface area contributed by atoms with Crippen LogP contribution < -0.4 is 0 Å². The van der Waals surface area contributed by atoms with Crippen molar-refractivity contribution in [3.05, 3.63) is 84.1 Å².